The molecule has 1 aromatic carbocycles. The number of rotatable bonds is 2. The summed E-state index contributed by atoms with van der Waals surface area (Å²) in [5, 5.41) is 8.78. The first-order valence-electron chi connectivity index (χ1n) is 5.21. The smallest absolute Gasteiger partial charge is 0.405 e. The van der Waals surface area contributed by atoms with E-state index in [0.717, 1.165) is 0 Å². The Morgan fingerprint density at radius 2 is 1.89 bits per heavy atom. The molecular weight excluding hydrogens is 257 g/mol. The first-order chi connectivity index (χ1) is 8.99. The number of alkyl halides is 3. The Kier molecular flexibility index (Phi) is 3.38. The van der Waals surface area contributed by atoms with Crippen molar-refractivity contribution >= 4 is 0 Å². The second-order valence-electron chi connectivity index (χ2n) is 3.59. The molecule has 0 radical (unpaired) electrons. The summed E-state index contributed by atoms with van der Waals surface area (Å²) in [6.07, 6.45) is -3.42. The molecule has 0 bridgehead atoms. The van der Waals surface area contributed by atoms with Crippen LogP contribution in [-0.4, -0.2) is 11.3 Å². The summed E-state index contributed by atoms with van der Waals surface area (Å²) in [4.78, 5) is 3.95. The molecule has 6 heteroatoms. The Morgan fingerprint density at radius 1 is 1.16 bits per heavy atom. The van der Waals surface area contributed by atoms with Crippen molar-refractivity contribution in [2.75, 3.05) is 0 Å². The molecule has 0 saturated carbocycles. The van der Waals surface area contributed by atoms with Gasteiger partial charge in [0.15, 0.2) is 0 Å². The molecule has 0 aliphatic carbocycles. The van der Waals surface area contributed by atoms with Gasteiger partial charge in [0, 0.05) is 11.8 Å². The fraction of sp³-hybridized carbons (Fsp3) is 0.0769. The van der Waals surface area contributed by atoms with Crippen molar-refractivity contribution < 1.29 is 17.9 Å². The van der Waals surface area contributed by atoms with Crippen molar-refractivity contribution in [3.05, 3.63) is 48.2 Å². The van der Waals surface area contributed by atoms with Gasteiger partial charge in [-0.25, -0.2) is 0 Å². The van der Waals surface area contributed by atoms with Crippen LogP contribution in [0.2, 0.25) is 0 Å². The molecule has 2 aromatic rings. The first-order valence-corrected chi connectivity index (χ1v) is 5.21. The van der Waals surface area contributed by atoms with Gasteiger partial charge in [0.25, 0.3) is 0 Å². The molecule has 0 aliphatic heterocycles. The van der Waals surface area contributed by atoms with Crippen LogP contribution in [0.25, 0.3) is 11.3 Å². The quantitative estimate of drug-likeness (QED) is 0.833. The monoisotopic (exact) mass is 264 g/mol. The van der Waals surface area contributed by atoms with Gasteiger partial charge < -0.3 is 4.74 Å². The fourth-order valence-electron chi connectivity index (χ4n) is 1.54. The van der Waals surface area contributed by atoms with Gasteiger partial charge in [0.1, 0.15) is 5.75 Å². The number of pyridine rings is 1. The molecule has 0 fully saturated rings. The molecule has 96 valence electrons. The lowest BCUT2D eigenvalue weighted by atomic mass is 10.1. The SMILES string of the molecule is N#Cc1ccnc(-c2ccccc2OC(F)(F)F)c1. The molecule has 0 spiro atoms. The number of hydrogen-bond donors (Lipinski definition) is 0. The van der Waals surface area contributed by atoms with Crippen LogP contribution in [0.5, 0.6) is 5.75 Å². The molecular formula is C13H7F3N2O. The van der Waals surface area contributed by atoms with Gasteiger partial charge in [-0.3, -0.25) is 4.98 Å². The highest BCUT2D eigenvalue weighted by molar-refractivity contribution is 5.68. The lowest BCUT2D eigenvalue weighted by Gasteiger charge is -2.12. The second kappa shape index (κ2) is 4.98. The van der Waals surface area contributed by atoms with Crippen LogP contribution in [-0.2, 0) is 0 Å². The predicted octanol–water partition coefficient (Wildman–Crippen LogP) is 3.52. The van der Waals surface area contributed by atoms with Gasteiger partial charge in [0.05, 0.1) is 17.3 Å². The molecule has 0 N–H and O–H groups in total. The van der Waals surface area contributed by atoms with E-state index in [0.29, 0.717) is 5.56 Å². The van der Waals surface area contributed by atoms with Crippen molar-refractivity contribution in [1.29, 1.82) is 5.26 Å². The maximum Gasteiger partial charge on any atom is 0.573 e. The number of nitriles is 1. The molecule has 1 heterocycles. The van der Waals surface area contributed by atoms with E-state index in [9.17, 15) is 13.2 Å². The Morgan fingerprint density at radius 3 is 2.58 bits per heavy atom. The lowest BCUT2D eigenvalue weighted by Crippen LogP contribution is -2.17. The maximum absolute atomic E-state index is 12.3. The summed E-state index contributed by atoms with van der Waals surface area (Å²) in [5.74, 6) is -0.349. The molecule has 0 aliphatic rings. The average molecular weight is 264 g/mol. The summed E-state index contributed by atoms with van der Waals surface area (Å²) < 4.78 is 40.8. The van der Waals surface area contributed by atoms with Crippen LogP contribution >= 0.6 is 0 Å². The molecule has 2 rings (SSSR count). The van der Waals surface area contributed by atoms with Crippen LogP contribution in [0, 0.1) is 11.3 Å². The zero-order valence-electron chi connectivity index (χ0n) is 9.48. The second-order valence-corrected chi connectivity index (χ2v) is 3.59. The topological polar surface area (TPSA) is 45.9 Å². The Bertz CT molecular complexity index is 632. The van der Waals surface area contributed by atoms with Crippen LogP contribution in [0.3, 0.4) is 0 Å². The van der Waals surface area contributed by atoms with E-state index in [2.05, 4.69) is 9.72 Å². The van der Waals surface area contributed by atoms with Crippen LogP contribution in [0.15, 0.2) is 42.6 Å². The van der Waals surface area contributed by atoms with Crippen molar-refractivity contribution in [1.82, 2.24) is 4.98 Å². The highest BCUT2D eigenvalue weighted by atomic mass is 19.4. The van der Waals surface area contributed by atoms with Gasteiger partial charge >= 0.3 is 6.36 Å². The molecule has 1 aromatic heterocycles. The van der Waals surface area contributed by atoms with Gasteiger partial charge in [-0.1, -0.05) is 12.1 Å². The highest BCUT2D eigenvalue weighted by Crippen LogP contribution is 2.32. The number of benzene rings is 1. The molecule has 0 unspecified atom stereocenters. The van der Waals surface area contributed by atoms with E-state index in [4.69, 9.17) is 5.26 Å². The number of ether oxygens (including phenoxy) is 1. The minimum Gasteiger partial charge on any atom is -0.405 e. The van der Waals surface area contributed by atoms with Crippen LogP contribution in [0.1, 0.15) is 5.56 Å². The Hall–Kier alpha value is -2.55. The van der Waals surface area contributed by atoms with E-state index in [1.807, 2.05) is 6.07 Å². The number of para-hydroxylation sites is 1. The van der Waals surface area contributed by atoms with Crippen molar-refractivity contribution in [2.24, 2.45) is 0 Å². The lowest BCUT2D eigenvalue weighted by molar-refractivity contribution is -0.274. The zero-order chi connectivity index (χ0) is 13.9. The van der Waals surface area contributed by atoms with Crippen molar-refractivity contribution in [3.63, 3.8) is 0 Å². The van der Waals surface area contributed by atoms with E-state index in [1.54, 1.807) is 6.07 Å². The number of aromatic nitrogens is 1. The normalized spacial score (nSPS) is 10.8. The van der Waals surface area contributed by atoms with Gasteiger partial charge in [0.2, 0.25) is 0 Å². The third kappa shape index (κ3) is 3.22. The number of halogens is 3. The standard InChI is InChI=1S/C13H7F3N2O/c14-13(15,16)19-12-4-2-1-3-10(12)11-7-9(8-17)5-6-18-11/h1-7H. The highest BCUT2D eigenvalue weighted by Gasteiger charge is 2.32. The minimum atomic E-state index is -4.77. The summed E-state index contributed by atoms with van der Waals surface area (Å²) >= 11 is 0. The summed E-state index contributed by atoms with van der Waals surface area (Å²) in [5.41, 5.74) is 0.739. The van der Waals surface area contributed by atoms with Crippen LogP contribution in [0.4, 0.5) is 13.2 Å². The van der Waals surface area contributed by atoms with Crippen LogP contribution < -0.4 is 4.74 Å². The molecule has 3 nitrogen and oxygen atoms in total. The van der Waals surface area contributed by atoms with Crippen molar-refractivity contribution in [3.8, 4) is 23.1 Å². The molecule has 0 atom stereocenters. The summed E-state index contributed by atoms with van der Waals surface area (Å²) in [6, 6.07) is 10.4. The van der Waals surface area contributed by atoms with Crippen molar-refractivity contribution in [2.45, 2.75) is 6.36 Å². The maximum atomic E-state index is 12.3. The third-order valence-electron chi connectivity index (χ3n) is 2.28. The predicted molar refractivity (Wildman–Crippen MR) is 61.1 cm³/mol. The first kappa shape index (κ1) is 12.9. The Labute approximate surface area is 106 Å². The zero-order valence-corrected chi connectivity index (χ0v) is 9.48. The summed E-state index contributed by atoms with van der Waals surface area (Å²) in [7, 11) is 0. The average Bonchev–Trinajstić information content (AvgIpc) is 2.37. The molecule has 0 saturated heterocycles. The van der Waals surface area contributed by atoms with Gasteiger partial charge in [-0.2, -0.15) is 5.26 Å². The summed E-state index contributed by atoms with van der Waals surface area (Å²) in [6.45, 7) is 0. The van der Waals surface area contributed by atoms with Gasteiger partial charge in [-0.15, -0.1) is 13.2 Å². The third-order valence-corrected chi connectivity index (χ3v) is 2.28. The van der Waals surface area contributed by atoms with E-state index in [-0.39, 0.29) is 17.0 Å². The fourth-order valence-corrected chi connectivity index (χ4v) is 1.54. The van der Waals surface area contributed by atoms with E-state index < -0.39 is 6.36 Å². The number of nitrogens with zero attached hydrogens (tertiary/aromatic N) is 2. The molecule has 19 heavy (non-hydrogen) atoms. The number of hydrogen-bond acceptors (Lipinski definition) is 3. The Balaban J connectivity index is 2.47. The van der Waals surface area contributed by atoms with E-state index >= 15 is 0 Å². The molecule has 0 amide bonds. The largest absolute Gasteiger partial charge is 0.573 e. The van der Waals surface area contributed by atoms with Gasteiger partial charge in [-0.05, 0) is 24.3 Å². The minimum absolute atomic E-state index is 0.178. The van der Waals surface area contributed by atoms with E-state index in [1.165, 1.54) is 36.5 Å².